The number of carboxylic acids is 1. The van der Waals surface area contributed by atoms with Crippen molar-refractivity contribution in [3.8, 4) is 0 Å². The summed E-state index contributed by atoms with van der Waals surface area (Å²) in [6.45, 7) is 1.83. The molecule has 2 aromatic rings. The van der Waals surface area contributed by atoms with Crippen molar-refractivity contribution >= 4 is 23.0 Å². The molecule has 0 atom stereocenters. The summed E-state index contributed by atoms with van der Waals surface area (Å²) in [6, 6.07) is 1.62. The second-order valence-corrected chi connectivity index (χ2v) is 3.74. The quantitative estimate of drug-likeness (QED) is 0.827. The van der Waals surface area contributed by atoms with Gasteiger partial charge in [0.15, 0.2) is 0 Å². The highest BCUT2D eigenvalue weighted by molar-refractivity contribution is 5.97. The predicted molar refractivity (Wildman–Crippen MR) is 61.1 cm³/mol. The Morgan fingerprint density at radius 3 is 3.00 bits per heavy atom. The number of aliphatic carboxylic acids is 1. The first-order chi connectivity index (χ1) is 8.58. The molecule has 0 unspecified atom stereocenters. The normalized spacial score (nSPS) is 10.5. The maximum absolute atomic E-state index is 11.7. The van der Waals surface area contributed by atoms with Crippen LogP contribution in [0, 0.1) is 6.92 Å². The lowest BCUT2D eigenvalue weighted by atomic mass is 10.2. The van der Waals surface area contributed by atoms with E-state index in [1.54, 1.807) is 13.0 Å². The van der Waals surface area contributed by atoms with Gasteiger partial charge >= 0.3 is 5.97 Å². The third kappa shape index (κ3) is 2.45. The Morgan fingerprint density at radius 2 is 2.28 bits per heavy atom. The summed E-state index contributed by atoms with van der Waals surface area (Å²) in [4.78, 5) is 26.0. The summed E-state index contributed by atoms with van der Waals surface area (Å²) in [7, 11) is 0. The summed E-state index contributed by atoms with van der Waals surface area (Å²) in [5.41, 5.74) is 1.37. The second-order valence-electron chi connectivity index (χ2n) is 3.74. The molecule has 0 fully saturated rings. The number of rotatable bonds is 4. The van der Waals surface area contributed by atoms with Crippen molar-refractivity contribution in [3.63, 3.8) is 0 Å². The van der Waals surface area contributed by atoms with Gasteiger partial charge < -0.3 is 14.9 Å². The molecule has 0 saturated heterocycles. The Balaban J connectivity index is 2.12. The Morgan fingerprint density at radius 1 is 1.50 bits per heavy atom. The van der Waals surface area contributed by atoms with Gasteiger partial charge in [0.05, 0.1) is 23.1 Å². The number of hydrogen-bond acceptors (Lipinski definition) is 5. The number of fused-ring (bicyclic) bond motifs is 1. The van der Waals surface area contributed by atoms with Crippen LogP contribution in [0.15, 0.2) is 16.8 Å². The molecule has 0 aliphatic carbocycles. The van der Waals surface area contributed by atoms with Gasteiger partial charge in [-0.25, -0.2) is 4.98 Å². The van der Waals surface area contributed by atoms with Crippen LogP contribution in [0.5, 0.6) is 0 Å². The minimum absolute atomic E-state index is 0.0782. The zero-order valence-electron chi connectivity index (χ0n) is 9.64. The topological polar surface area (TPSA) is 105 Å². The van der Waals surface area contributed by atoms with Crippen LogP contribution in [0.4, 0.5) is 0 Å². The number of amides is 1. The Bertz CT molecular complexity index is 605. The molecule has 2 N–H and O–H groups in total. The molecule has 0 aliphatic heterocycles. The summed E-state index contributed by atoms with van der Waals surface area (Å²) in [5, 5.41) is 15.4. The fourth-order valence-electron chi connectivity index (χ4n) is 1.45. The number of nitrogens with one attached hydrogen (secondary N) is 1. The molecule has 2 aromatic heterocycles. The first-order valence-electron chi connectivity index (χ1n) is 5.30. The van der Waals surface area contributed by atoms with E-state index >= 15 is 0 Å². The van der Waals surface area contributed by atoms with Crippen molar-refractivity contribution in [2.24, 2.45) is 0 Å². The van der Waals surface area contributed by atoms with Crippen molar-refractivity contribution in [1.82, 2.24) is 15.5 Å². The van der Waals surface area contributed by atoms with E-state index < -0.39 is 5.97 Å². The van der Waals surface area contributed by atoms with E-state index in [9.17, 15) is 9.59 Å². The number of nitrogens with zero attached hydrogens (tertiary/aromatic N) is 2. The Labute approximate surface area is 102 Å². The number of hydrogen-bond donors (Lipinski definition) is 2. The SMILES string of the molecule is Cc1noc2ncc(C(=O)NCCC(=O)O)cc12. The van der Waals surface area contributed by atoms with E-state index in [4.69, 9.17) is 9.63 Å². The van der Waals surface area contributed by atoms with E-state index in [-0.39, 0.29) is 18.9 Å². The lowest BCUT2D eigenvalue weighted by Crippen LogP contribution is -2.26. The van der Waals surface area contributed by atoms with Gasteiger partial charge in [-0.3, -0.25) is 9.59 Å². The number of pyridine rings is 1. The first-order valence-corrected chi connectivity index (χ1v) is 5.30. The average Bonchev–Trinajstić information content (AvgIpc) is 2.70. The van der Waals surface area contributed by atoms with Crippen LogP contribution in [0.1, 0.15) is 22.5 Å². The molecule has 7 heteroatoms. The van der Waals surface area contributed by atoms with E-state index in [0.717, 1.165) is 0 Å². The molecule has 0 bridgehead atoms. The zero-order valence-corrected chi connectivity index (χ0v) is 9.64. The summed E-state index contributed by atoms with van der Waals surface area (Å²) in [5.74, 6) is -1.33. The van der Waals surface area contributed by atoms with Gasteiger partial charge in [-0.15, -0.1) is 0 Å². The monoisotopic (exact) mass is 249 g/mol. The molecule has 2 heterocycles. The van der Waals surface area contributed by atoms with E-state index in [1.165, 1.54) is 6.20 Å². The molecule has 0 spiro atoms. The maximum Gasteiger partial charge on any atom is 0.305 e. The highest BCUT2D eigenvalue weighted by Crippen LogP contribution is 2.16. The van der Waals surface area contributed by atoms with Crippen LogP contribution < -0.4 is 5.32 Å². The Hall–Kier alpha value is -2.44. The third-order valence-corrected chi connectivity index (χ3v) is 2.40. The zero-order chi connectivity index (χ0) is 13.1. The summed E-state index contributed by atoms with van der Waals surface area (Å²) in [6.07, 6.45) is 1.25. The largest absolute Gasteiger partial charge is 0.481 e. The molecule has 0 saturated carbocycles. The van der Waals surface area contributed by atoms with Crippen molar-refractivity contribution in [1.29, 1.82) is 0 Å². The standard InChI is InChI=1S/C11H11N3O4/c1-6-8-4-7(5-13-11(8)18-14-6)10(17)12-3-2-9(15)16/h4-5H,2-3H2,1H3,(H,12,17)(H,15,16). The summed E-state index contributed by atoms with van der Waals surface area (Å²) >= 11 is 0. The van der Waals surface area contributed by atoms with Crippen molar-refractivity contribution in [2.75, 3.05) is 6.54 Å². The van der Waals surface area contributed by atoms with Crippen LogP contribution in [0.25, 0.3) is 11.1 Å². The third-order valence-electron chi connectivity index (χ3n) is 2.40. The van der Waals surface area contributed by atoms with E-state index in [1.807, 2.05) is 0 Å². The number of carbonyl (C=O) groups is 2. The molecule has 7 nitrogen and oxygen atoms in total. The highest BCUT2D eigenvalue weighted by Gasteiger charge is 2.11. The van der Waals surface area contributed by atoms with E-state index in [0.29, 0.717) is 22.4 Å². The van der Waals surface area contributed by atoms with Crippen LogP contribution in [-0.4, -0.2) is 33.7 Å². The lowest BCUT2D eigenvalue weighted by molar-refractivity contribution is -0.136. The second kappa shape index (κ2) is 4.82. The fraction of sp³-hybridized carbons (Fsp3) is 0.273. The molecule has 0 radical (unpaired) electrons. The molecule has 94 valence electrons. The lowest BCUT2D eigenvalue weighted by Gasteiger charge is -2.02. The van der Waals surface area contributed by atoms with Gasteiger partial charge in [0, 0.05) is 12.7 Å². The number of carbonyl (C=O) groups excluding carboxylic acids is 1. The van der Waals surface area contributed by atoms with Gasteiger partial charge in [-0.2, -0.15) is 0 Å². The highest BCUT2D eigenvalue weighted by atomic mass is 16.5. The van der Waals surface area contributed by atoms with Gasteiger partial charge in [0.1, 0.15) is 0 Å². The minimum Gasteiger partial charge on any atom is -0.481 e. The molecular weight excluding hydrogens is 238 g/mol. The molecule has 0 aliphatic rings. The number of carboxylic acid groups (broad SMARTS) is 1. The van der Waals surface area contributed by atoms with Crippen molar-refractivity contribution < 1.29 is 19.2 Å². The van der Waals surface area contributed by atoms with Gasteiger partial charge in [-0.1, -0.05) is 5.16 Å². The molecule has 2 rings (SSSR count). The van der Waals surface area contributed by atoms with E-state index in [2.05, 4.69) is 15.5 Å². The smallest absolute Gasteiger partial charge is 0.305 e. The summed E-state index contributed by atoms with van der Waals surface area (Å²) < 4.78 is 4.93. The first kappa shape index (κ1) is 12.0. The van der Waals surface area contributed by atoms with Crippen LogP contribution in [0.3, 0.4) is 0 Å². The number of aryl methyl sites for hydroxylation is 1. The number of aromatic nitrogens is 2. The van der Waals surface area contributed by atoms with Crippen molar-refractivity contribution in [2.45, 2.75) is 13.3 Å². The van der Waals surface area contributed by atoms with Crippen LogP contribution >= 0.6 is 0 Å². The average molecular weight is 249 g/mol. The molecule has 1 amide bonds. The van der Waals surface area contributed by atoms with Crippen LogP contribution in [0.2, 0.25) is 0 Å². The maximum atomic E-state index is 11.7. The minimum atomic E-state index is -0.959. The fourth-order valence-corrected chi connectivity index (χ4v) is 1.45. The predicted octanol–water partition coefficient (Wildman–Crippen LogP) is 0.736. The van der Waals surface area contributed by atoms with Crippen LogP contribution in [-0.2, 0) is 4.79 Å². The van der Waals surface area contributed by atoms with Gasteiger partial charge in [0.25, 0.3) is 11.6 Å². The molecule has 18 heavy (non-hydrogen) atoms. The van der Waals surface area contributed by atoms with Crippen molar-refractivity contribution in [3.05, 3.63) is 23.5 Å². The Kier molecular flexibility index (Phi) is 3.22. The van der Waals surface area contributed by atoms with Gasteiger partial charge in [0.2, 0.25) is 0 Å². The van der Waals surface area contributed by atoms with Gasteiger partial charge in [-0.05, 0) is 13.0 Å². The molecular formula is C11H11N3O4. The molecule has 0 aromatic carbocycles.